The standard InChI is InChI=1S/C11H18N4O3/c1-11(2,3)9(17)13-12-7-6-8(16)15(5)10(18)14(7)4/h6,12H,1-5H3,(H,13,17). The Labute approximate surface area is 104 Å². The third kappa shape index (κ3) is 2.79. The van der Waals surface area contributed by atoms with Crippen molar-refractivity contribution in [1.82, 2.24) is 14.6 Å². The number of hydrogen-bond acceptors (Lipinski definition) is 4. The second kappa shape index (κ2) is 4.67. The van der Waals surface area contributed by atoms with E-state index in [9.17, 15) is 14.4 Å². The highest BCUT2D eigenvalue weighted by atomic mass is 16.2. The molecule has 18 heavy (non-hydrogen) atoms. The van der Waals surface area contributed by atoms with Crippen molar-refractivity contribution in [3.05, 3.63) is 26.9 Å². The van der Waals surface area contributed by atoms with E-state index in [1.54, 1.807) is 20.8 Å². The van der Waals surface area contributed by atoms with Crippen LogP contribution in [0.5, 0.6) is 0 Å². The topological polar surface area (TPSA) is 85.1 Å². The van der Waals surface area contributed by atoms with Crippen molar-refractivity contribution < 1.29 is 4.79 Å². The zero-order chi connectivity index (χ0) is 14.1. The Morgan fingerprint density at radius 2 is 1.72 bits per heavy atom. The highest BCUT2D eigenvalue weighted by molar-refractivity contribution is 5.82. The molecule has 7 heteroatoms. The molecule has 7 nitrogen and oxygen atoms in total. The molecule has 0 aliphatic rings. The number of rotatable bonds is 2. The summed E-state index contributed by atoms with van der Waals surface area (Å²) in [5.74, 6) is -0.00340. The smallest absolute Gasteiger partial charge is 0.283 e. The predicted molar refractivity (Wildman–Crippen MR) is 68.1 cm³/mol. The fourth-order valence-electron chi connectivity index (χ4n) is 1.16. The van der Waals surface area contributed by atoms with Gasteiger partial charge < -0.3 is 0 Å². The number of hydrazine groups is 1. The molecular weight excluding hydrogens is 236 g/mol. The molecule has 1 amide bonds. The number of carbonyl (C=O) groups excluding carboxylic acids is 1. The molecule has 0 aliphatic heterocycles. The molecule has 0 saturated carbocycles. The Bertz CT molecular complexity index is 577. The molecular formula is C11H18N4O3. The zero-order valence-electron chi connectivity index (χ0n) is 11.2. The summed E-state index contributed by atoms with van der Waals surface area (Å²) in [5, 5.41) is 0. The molecule has 0 aromatic carbocycles. The summed E-state index contributed by atoms with van der Waals surface area (Å²) >= 11 is 0. The average Bonchev–Trinajstić information content (AvgIpc) is 2.27. The third-order valence-corrected chi connectivity index (χ3v) is 2.51. The van der Waals surface area contributed by atoms with Gasteiger partial charge in [0.05, 0.1) is 0 Å². The van der Waals surface area contributed by atoms with E-state index in [2.05, 4.69) is 10.9 Å². The van der Waals surface area contributed by atoms with Crippen LogP contribution in [-0.2, 0) is 18.9 Å². The van der Waals surface area contributed by atoms with Gasteiger partial charge in [-0.25, -0.2) is 4.79 Å². The van der Waals surface area contributed by atoms with Crippen LogP contribution in [0.2, 0.25) is 0 Å². The summed E-state index contributed by atoms with van der Waals surface area (Å²) in [7, 11) is 2.90. The first-order chi connectivity index (χ1) is 8.14. The lowest BCUT2D eigenvalue weighted by Crippen LogP contribution is -2.42. The summed E-state index contributed by atoms with van der Waals surface area (Å²) in [4.78, 5) is 34.7. The molecule has 1 aromatic heterocycles. The summed E-state index contributed by atoms with van der Waals surface area (Å²) < 4.78 is 2.22. The Hall–Kier alpha value is -2.05. The Kier molecular flexibility index (Phi) is 3.64. The predicted octanol–water partition coefficient (Wildman–Crippen LogP) is -0.427. The van der Waals surface area contributed by atoms with Crippen molar-refractivity contribution in [2.45, 2.75) is 20.8 Å². The van der Waals surface area contributed by atoms with Gasteiger partial charge in [0, 0.05) is 25.6 Å². The van der Waals surface area contributed by atoms with Gasteiger partial charge in [0.15, 0.2) is 0 Å². The third-order valence-electron chi connectivity index (χ3n) is 2.51. The van der Waals surface area contributed by atoms with Crippen molar-refractivity contribution in [1.29, 1.82) is 0 Å². The molecule has 0 spiro atoms. The van der Waals surface area contributed by atoms with Crippen LogP contribution in [0.3, 0.4) is 0 Å². The van der Waals surface area contributed by atoms with E-state index in [0.29, 0.717) is 0 Å². The number of carbonyl (C=O) groups is 1. The largest absolute Gasteiger partial charge is 0.332 e. The maximum Gasteiger partial charge on any atom is 0.332 e. The maximum atomic E-state index is 11.6. The summed E-state index contributed by atoms with van der Waals surface area (Å²) in [6.45, 7) is 5.27. The molecule has 0 unspecified atom stereocenters. The van der Waals surface area contributed by atoms with Crippen LogP contribution in [0.1, 0.15) is 20.8 Å². The molecule has 100 valence electrons. The first-order valence-electron chi connectivity index (χ1n) is 5.48. The van der Waals surface area contributed by atoms with Gasteiger partial charge in [-0.1, -0.05) is 20.8 Å². The van der Waals surface area contributed by atoms with Gasteiger partial charge in [-0.05, 0) is 0 Å². The van der Waals surface area contributed by atoms with Gasteiger partial charge in [0.1, 0.15) is 5.82 Å². The van der Waals surface area contributed by atoms with Gasteiger partial charge in [-0.3, -0.25) is 29.6 Å². The van der Waals surface area contributed by atoms with Gasteiger partial charge >= 0.3 is 5.69 Å². The van der Waals surface area contributed by atoms with Crippen molar-refractivity contribution in [3.8, 4) is 0 Å². The summed E-state index contributed by atoms with van der Waals surface area (Å²) in [6.07, 6.45) is 0. The minimum Gasteiger partial charge on any atom is -0.283 e. The van der Waals surface area contributed by atoms with E-state index >= 15 is 0 Å². The van der Waals surface area contributed by atoms with Crippen LogP contribution in [0, 0.1) is 5.41 Å². The van der Waals surface area contributed by atoms with Crippen LogP contribution in [0.4, 0.5) is 5.82 Å². The van der Waals surface area contributed by atoms with E-state index in [1.807, 2.05) is 0 Å². The quantitative estimate of drug-likeness (QED) is 0.702. The lowest BCUT2D eigenvalue weighted by molar-refractivity contribution is -0.127. The molecule has 0 atom stereocenters. The Morgan fingerprint density at radius 3 is 2.22 bits per heavy atom. The lowest BCUT2D eigenvalue weighted by Gasteiger charge is -2.19. The second-order valence-electron chi connectivity index (χ2n) is 5.10. The van der Waals surface area contributed by atoms with Crippen molar-refractivity contribution in [2.75, 3.05) is 5.43 Å². The Balaban J connectivity index is 2.98. The number of anilines is 1. The van der Waals surface area contributed by atoms with Crippen LogP contribution in [0.25, 0.3) is 0 Å². The SMILES string of the molecule is Cn1c(NNC(=O)C(C)(C)C)cc(=O)n(C)c1=O. The molecule has 2 N–H and O–H groups in total. The van der Waals surface area contributed by atoms with E-state index in [0.717, 1.165) is 4.57 Å². The maximum absolute atomic E-state index is 11.6. The van der Waals surface area contributed by atoms with Gasteiger partial charge in [-0.2, -0.15) is 0 Å². The molecule has 0 saturated heterocycles. The zero-order valence-corrected chi connectivity index (χ0v) is 11.2. The average molecular weight is 254 g/mol. The highest BCUT2D eigenvalue weighted by Crippen LogP contribution is 2.12. The van der Waals surface area contributed by atoms with E-state index in [-0.39, 0.29) is 11.7 Å². The number of amides is 1. The highest BCUT2D eigenvalue weighted by Gasteiger charge is 2.21. The van der Waals surface area contributed by atoms with E-state index < -0.39 is 16.7 Å². The fraction of sp³-hybridized carbons (Fsp3) is 0.545. The summed E-state index contributed by atoms with van der Waals surface area (Å²) in [6, 6.07) is 1.24. The number of nitrogens with zero attached hydrogens (tertiary/aromatic N) is 2. The normalized spacial score (nSPS) is 11.2. The van der Waals surface area contributed by atoms with Crippen LogP contribution in [-0.4, -0.2) is 15.0 Å². The minimum atomic E-state index is -0.564. The minimum absolute atomic E-state index is 0.237. The van der Waals surface area contributed by atoms with Crippen molar-refractivity contribution in [2.24, 2.45) is 19.5 Å². The second-order valence-corrected chi connectivity index (χ2v) is 5.10. The molecule has 1 rings (SSSR count). The molecule has 1 aromatic rings. The van der Waals surface area contributed by atoms with Crippen LogP contribution < -0.4 is 22.1 Å². The van der Waals surface area contributed by atoms with Gasteiger partial charge in [0.25, 0.3) is 5.56 Å². The lowest BCUT2D eigenvalue weighted by atomic mass is 9.96. The van der Waals surface area contributed by atoms with Crippen molar-refractivity contribution in [3.63, 3.8) is 0 Å². The van der Waals surface area contributed by atoms with Gasteiger partial charge in [0.2, 0.25) is 5.91 Å². The Morgan fingerprint density at radius 1 is 1.17 bits per heavy atom. The number of hydrogen-bond donors (Lipinski definition) is 2. The van der Waals surface area contributed by atoms with E-state index in [1.165, 1.54) is 24.7 Å². The number of aromatic nitrogens is 2. The molecule has 0 radical (unpaired) electrons. The molecule has 0 aliphatic carbocycles. The van der Waals surface area contributed by atoms with E-state index in [4.69, 9.17) is 0 Å². The summed E-state index contributed by atoms with van der Waals surface area (Å²) in [5.41, 5.74) is 3.57. The van der Waals surface area contributed by atoms with Crippen LogP contribution in [0.15, 0.2) is 15.7 Å². The first-order valence-corrected chi connectivity index (χ1v) is 5.48. The monoisotopic (exact) mass is 254 g/mol. The number of nitrogens with one attached hydrogen (secondary N) is 2. The van der Waals surface area contributed by atoms with Gasteiger partial charge in [-0.15, -0.1) is 0 Å². The fourth-order valence-corrected chi connectivity index (χ4v) is 1.16. The molecule has 1 heterocycles. The molecule has 0 bridgehead atoms. The molecule has 0 fully saturated rings. The van der Waals surface area contributed by atoms with Crippen molar-refractivity contribution >= 4 is 11.7 Å². The van der Waals surface area contributed by atoms with Crippen LogP contribution >= 0.6 is 0 Å². The first kappa shape index (κ1) is 14.0.